The second kappa shape index (κ2) is 11.9. The Morgan fingerprint density at radius 1 is 1.20 bits per heavy atom. The molecule has 0 radical (unpaired) electrons. The number of thiophene rings is 1. The zero-order valence-corrected chi connectivity index (χ0v) is 24.8. The van der Waals surface area contributed by atoms with Gasteiger partial charge in [-0.25, -0.2) is 14.4 Å². The highest BCUT2D eigenvalue weighted by atomic mass is 35.5. The van der Waals surface area contributed by atoms with Gasteiger partial charge in [-0.1, -0.05) is 23.7 Å². The number of ether oxygens (including phenoxy) is 1. The van der Waals surface area contributed by atoms with Crippen LogP contribution in [0.4, 0.5) is 15.9 Å². The lowest BCUT2D eigenvalue weighted by Crippen LogP contribution is -2.35. The van der Waals surface area contributed by atoms with Crippen molar-refractivity contribution in [3.8, 4) is 5.75 Å². The number of hydrogen-bond acceptors (Lipinski definition) is 7. The van der Waals surface area contributed by atoms with Crippen molar-refractivity contribution in [3.63, 3.8) is 0 Å². The van der Waals surface area contributed by atoms with Gasteiger partial charge in [-0.2, -0.15) is 0 Å². The summed E-state index contributed by atoms with van der Waals surface area (Å²) in [5.41, 5.74) is 2.94. The van der Waals surface area contributed by atoms with Crippen LogP contribution in [0.15, 0.2) is 48.8 Å². The number of benzene rings is 2. The van der Waals surface area contributed by atoms with Crippen molar-refractivity contribution in [2.45, 2.75) is 44.8 Å². The zero-order chi connectivity index (χ0) is 28.5. The number of carbonyl (C=O) groups excluding carboxylic acids is 1. The molecule has 3 heterocycles. The molecule has 10 heteroatoms. The van der Waals surface area contributed by atoms with Gasteiger partial charge in [-0.05, 0) is 87.2 Å². The molecule has 1 amide bonds. The average molecular weight is 594 g/mol. The number of amides is 1. The number of aryl methyl sites for hydroxylation is 1. The molecule has 0 spiro atoms. The highest BCUT2D eigenvalue weighted by Crippen LogP contribution is 2.41. The summed E-state index contributed by atoms with van der Waals surface area (Å²) in [7, 11) is 4.18. The Labute approximate surface area is 248 Å². The number of anilines is 2. The monoisotopic (exact) mass is 593 g/mol. The van der Waals surface area contributed by atoms with Gasteiger partial charge in [0.05, 0.1) is 10.4 Å². The van der Waals surface area contributed by atoms with Crippen molar-refractivity contribution in [3.05, 3.63) is 75.6 Å². The number of hydrogen-bond donors (Lipinski definition) is 1. The van der Waals surface area contributed by atoms with Crippen LogP contribution in [-0.4, -0.2) is 58.9 Å². The van der Waals surface area contributed by atoms with Gasteiger partial charge < -0.3 is 19.9 Å². The molecule has 2 atom stereocenters. The Bertz CT molecular complexity index is 1560. The van der Waals surface area contributed by atoms with Crippen LogP contribution in [0.1, 0.15) is 35.3 Å². The van der Waals surface area contributed by atoms with Crippen LogP contribution in [0.5, 0.6) is 5.75 Å². The molecule has 214 valence electrons. The fourth-order valence-corrected chi connectivity index (χ4v) is 7.32. The molecule has 7 nitrogen and oxygen atoms in total. The number of carbonyl (C=O) groups is 1. The number of halogens is 2. The number of rotatable bonds is 8. The second-order valence-electron chi connectivity index (χ2n) is 11.2. The highest BCUT2D eigenvalue weighted by molar-refractivity contribution is 7.19. The molecule has 0 saturated carbocycles. The van der Waals surface area contributed by atoms with E-state index >= 15 is 0 Å². The van der Waals surface area contributed by atoms with E-state index in [1.165, 1.54) is 22.6 Å². The van der Waals surface area contributed by atoms with Crippen LogP contribution in [-0.2, 0) is 24.2 Å². The van der Waals surface area contributed by atoms with Crippen molar-refractivity contribution in [1.82, 2.24) is 19.8 Å². The quantitative estimate of drug-likeness (QED) is 0.253. The van der Waals surface area contributed by atoms with Gasteiger partial charge >= 0.3 is 0 Å². The normalized spacial score (nSPS) is 18.6. The Balaban J connectivity index is 1.13. The molecule has 1 fully saturated rings. The lowest BCUT2D eigenvalue weighted by Gasteiger charge is -2.25. The fourth-order valence-electron chi connectivity index (χ4n) is 5.79. The van der Waals surface area contributed by atoms with Gasteiger partial charge in [0.2, 0.25) is 5.91 Å². The number of fused-ring (bicyclic) bond motifs is 3. The fraction of sp³-hybridized carbons (Fsp3) is 0.387. The molecule has 1 aliphatic carbocycles. The molecule has 1 aliphatic heterocycles. The zero-order valence-electron chi connectivity index (χ0n) is 23.2. The molecule has 2 unspecified atom stereocenters. The lowest BCUT2D eigenvalue weighted by molar-refractivity contribution is -0.131. The topological polar surface area (TPSA) is 70.6 Å². The first-order chi connectivity index (χ1) is 19.8. The van der Waals surface area contributed by atoms with E-state index in [-0.39, 0.29) is 11.7 Å². The van der Waals surface area contributed by atoms with E-state index in [4.69, 9.17) is 16.3 Å². The molecule has 2 aromatic heterocycles. The first-order valence-corrected chi connectivity index (χ1v) is 15.2. The minimum Gasteiger partial charge on any atom is -0.487 e. The van der Waals surface area contributed by atoms with E-state index in [1.807, 2.05) is 23.1 Å². The third-order valence-corrected chi connectivity index (χ3v) is 9.62. The third kappa shape index (κ3) is 6.17. The SMILES string of the molecule is CN(C)C1CCN(C(=O)CC2CCc3c(sc4ncnc(Nc5ccc(OCc6ccc(F)cc6)c(Cl)c5)c34)C2)C1. The predicted octanol–water partition coefficient (Wildman–Crippen LogP) is 6.46. The Kier molecular flexibility index (Phi) is 8.10. The van der Waals surface area contributed by atoms with E-state index < -0.39 is 0 Å². The van der Waals surface area contributed by atoms with Crippen LogP contribution in [0.2, 0.25) is 5.02 Å². The maximum Gasteiger partial charge on any atom is 0.222 e. The van der Waals surface area contributed by atoms with Gasteiger partial charge in [-0.15, -0.1) is 11.3 Å². The molecular formula is C31H33ClFN5O2S. The van der Waals surface area contributed by atoms with Crippen molar-refractivity contribution >= 4 is 50.6 Å². The van der Waals surface area contributed by atoms with E-state index in [0.717, 1.165) is 66.1 Å². The number of nitrogens with zero attached hydrogens (tertiary/aromatic N) is 4. The van der Waals surface area contributed by atoms with Crippen molar-refractivity contribution in [2.24, 2.45) is 5.92 Å². The van der Waals surface area contributed by atoms with E-state index in [1.54, 1.807) is 29.8 Å². The van der Waals surface area contributed by atoms with Crippen LogP contribution >= 0.6 is 22.9 Å². The van der Waals surface area contributed by atoms with E-state index in [0.29, 0.717) is 35.8 Å². The molecule has 1 saturated heterocycles. The molecule has 6 rings (SSSR count). The molecule has 0 bridgehead atoms. The van der Waals surface area contributed by atoms with Gasteiger partial charge in [0.15, 0.2) is 0 Å². The number of likely N-dealkylation sites (tertiary alicyclic amines) is 1. The molecule has 4 aromatic rings. The van der Waals surface area contributed by atoms with Crippen LogP contribution in [0.25, 0.3) is 10.2 Å². The van der Waals surface area contributed by atoms with Crippen LogP contribution in [0, 0.1) is 11.7 Å². The summed E-state index contributed by atoms with van der Waals surface area (Å²) in [5.74, 6) is 1.66. The Morgan fingerprint density at radius 3 is 2.78 bits per heavy atom. The standard InChI is InChI=1S/C31H33ClFN5O2S/c1-37(2)23-11-12-38(16-23)28(39)14-20-5-9-24-27(13-20)41-31-29(24)30(34-18-35-31)36-22-8-10-26(25(32)15-22)40-17-19-3-6-21(33)7-4-19/h3-4,6-8,10,15,18,20,23H,5,9,11-14,16-17H2,1-2H3,(H,34,35,36). The van der Waals surface area contributed by atoms with Crippen molar-refractivity contribution in [1.29, 1.82) is 0 Å². The van der Waals surface area contributed by atoms with Gasteiger partial charge in [0, 0.05) is 36.1 Å². The molecular weight excluding hydrogens is 561 g/mol. The number of nitrogens with one attached hydrogen (secondary N) is 1. The first-order valence-electron chi connectivity index (χ1n) is 14.0. The summed E-state index contributed by atoms with van der Waals surface area (Å²) < 4.78 is 19.0. The lowest BCUT2D eigenvalue weighted by atomic mass is 9.85. The molecule has 1 N–H and O–H groups in total. The molecule has 41 heavy (non-hydrogen) atoms. The number of aromatic nitrogens is 2. The minimum atomic E-state index is -0.279. The summed E-state index contributed by atoms with van der Waals surface area (Å²) in [6, 6.07) is 12.2. The molecule has 2 aliphatic rings. The summed E-state index contributed by atoms with van der Waals surface area (Å²) in [4.78, 5) is 28.7. The summed E-state index contributed by atoms with van der Waals surface area (Å²) in [5, 5.41) is 4.96. The maximum absolute atomic E-state index is 13.2. The summed E-state index contributed by atoms with van der Waals surface area (Å²) in [6.07, 6.45) is 6.04. The second-order valence-corrected chi connectivity index (χ2v) is 12.6. The third-order valence-electron chi connectivity index (χ3n) is 8.16. The van der Waals surface area contributed by atoms with E-state index in [2.05, 4.69) is 34.3 Å². The van der Waals surface area contributed by atoms with Gasteiger partial charge in [0.25, 0.3) is 0 Å². The largest absolute Gasteiger partial charge is 0.487 e. The first kappa shape index (κ1) is 27.9. The van der Waals surface area contributed by atoms with E-state index in [9.17, 15) is 9.18 Å². The highest BCUT2D eigenvalue weighted by Gasteiger charge is 2.31. The molecule has 2 aromatic carbocycles. The van der Waals surface area contributed by atoms with Gasteiger partial charge in [0.1, 0.15) is 35.1 Å². The minimum absolute atomic E-state index is 0.279. The Morgan fingerprint density at radius 2 is 2.02 bits per heavy atom. The van der Waals surface area contributed by atoms with Gasteiger partial charge in [-0.3, -0.25) is 4.79 Å². The number of likely N-dealkylation sites (N-methyl/N-ethyl adjacent to an activating group) is 1. The predicted molar refractivity (Wildman–Crippen MR) is 162 cm³/mol. The summed E-state index contributed by atoms with van der Waals surface area (Å²) >= 11 is 8.25. The smallest absolute Gasteiger partial charge is 0.222 e. The average Bonchev–Trinajstić information content (AvgIpc) is 3.59. The van der Waals surface area contributed by atoms with Crippen LogP contribution < -0.4 is 10.1 Å². The van der Waals surface area contributed by atoms with Crippen molar-refractivity contribution < 1.29 is 13.9 Å². The Hall–Kier alpha value is -3.27. The van der Waals surface area contributed by atoms with Crippen LogP contribution in [0.3, 0.4) is 0 Å². The van der Waals surface area contributed by atoms with Crippen molar-refractivity contribution in [2.75, 3.05) is 32.5 Å². The summed E-state index contributed by atoms with van der Waals surface area (Å²) in [6.45, 7) is 1.99. The maximum atomic E-state index is 13.2.